The lowest BCUT2D eigenvalue weighted by Crippen LogP contribution is -2.41. The van der Waals surface area contributed by atoms with E-state index < -0.39 is 0 Å². The summed E-state index contributed by atoms with van der Waals surface area (Å²) in [4.78, 5) is 18.7. The molecule has 1 amide bonds. The second kappa shape index (κ2) is 6.31. The summed E-state index contributed by atoms with van der Waals surface area (Å²) in [6, 6.07) is 3.77. The van der Waals surface area contributed by atoms with Crippen molar-refractivity contribution in [1.29, 1.82) is 0 Å². The van der Waals surface area contributed by atoms with Crippen LogP contribution in [0.15, 0.2) is 12.1 Å². The Morgan fingerprint density at radius 1 is 1.17 bits per heavy atom. The quantitative estimate of drug-likeness (QED) is 0.912. The highest BCUT2D eigenvalue weighted by atomic mass is 32.1. The van der Waals surface area contributed by atoms with Gasteiger partial charge in [0.25, 0.3) is 0 Å². The van der Waals surface area contributed by atoms with E-state index in [0.29, 0.717) is 43.9 Å². The molecule has 1 aromatic heterocycles. The smallest absolute Gasteiger partial charge is 0.240 e. The fraction of sp³-hybridized carbons (Fsp3) is 0.467. The number of ether oxygens (including phenoxy) is 3. The van der Waals surface area contributed by atoms with Gasteiger partial charge in [-0.1, -0.05) is 11.3 Å². The summed E-state index contributed by atoms with van der Waals surface area (Å²) < 4.78 is 17.4. The number of nitrogens with one attached hydrogen (secondary N) is 1. The number of morpholine rings is 1. The zero-order valence-corrected chi connectivity index (χ0v) is 13.4. The Hall–Kier alpha value is -1.90. The van der Waals surface area contributed by atoms with Gasteiger partial charge in [0.05, 0.1) is 30.0 Å². The summed E-state index contributed by atoms with van der Waals surface area (Å²) >= 11 is 1.44. The number of benzene rings is 1. The third-order valence-electron chi connectivity index (χ3n) is 3.77. The van der Waals surface area contributed by atoms with Crippen molar-refractivity contribution in [2.24, 2.45) is 0 Å². The molecule has 2 aliphatic heterocycles. The van der Waals surface area contributed by atoms with Crippen LogP contribution in [-0.2, 0) is 9.53 Å². The Morgan fingerprint density at radius 3 is 2.70 bits per heavy atom. The third-order valence-corrected chi connectivity index (χ3v) is 4.70. The molecular formula is C15H17N3O4S. The largest absolute Gasteiger partial charge is 0.486 e. The predicted octanol–water partition coefficient (Wildman–Crippen LogP) is 1.34. The maximum Gasteiger partial charge on any atom is 0.240 e. The van der Waals surface area contributed by atoms with E-state index in [0.717, 1.165) is 29.1 Å². The van der Waals surface area contributed by atoms with Crippen molar-refractivity contribution in [3.05, 3.63) is 12.1 Å². The zero-order valence-electron chi connectivity index (χ0n) is 12.5. The van der Waals surface area contributed by atoms with Crippen LogP contribution in [0.4, 0.5) is 5.13 Å². The number of aromatic nitrogens is 1. The van der Waals surface area contributed by atoms with Crippen molar-refractivity contribution in [2.75, 3.05) is 51.4 Å². The first-order valence-corrected chi connectivity index (χ1v) is 8.40. The lowest BCUT2D eigenvalue weighted by atomic mass is 10.3. The van der Waals surface area contributed by atoms with Gasteiger partial charge < -0.3 is 19.5 Å². The van der Waals surface area contributed by atoms with Crippen LogP contribution in [0.1, 0.15) is 0 Å². The minimum absolute atomic E-state index is 0.0526. The number of hydrogen-bond donors (Lipinski definition) is 1. The molecule has 0 atom stereocenters. The predicted molar refractivity (Wildman–Crippen MR) is 86.5 cm³/mol. The van der Waals surface area contributed by atoms with Crippen molar-refractivity contribution < 1.29 is 19.0 Å². The summed E-state index contributed by atoms with van der Waals surface area (Å²) in [5.41, 5.74) is 0.806. The van der Waals surface area contributed by atoms with Gasteiger partial charge in [0, 0.05) is 25.2 Å². The molecule has 1 saturated heterocycles. The van der Waals surface area contributed by atoms with Gasteiger partial charge in [-0.05, 0) is 0 Å². The molecule has 0 saturated carbocycles. The molecule has 8 heteroatoms. The van der Waals surface area contributed by atoms with E-state index in [-0.39, 0.29) is 5.91 Å². The standard InChI is InChI=1S/C15H17N3O4S/c19-14(9-18-1-3-20-4-2-18)17-15-16-10-7-11-12(8-13(10)23-15)22-6-5-21-11/h7-8H,1-6,9H2,(H,16,17,19). The number of anilines is 1. The van der Waals surface area contributed by atoms with Crippen molar-refractivity contribution in [1.82, 2.24) is 9.88 Å². The number of nitrogens with zero attached hydrogens (tertiary/aromatic N) is 2. The molecule has 1 N–H and O–H groups in total. The van der Waals surface area contributed by atoms with Gasteiger partial charge in [0.2, 0.25) is 5.91 Å². The Morgan fingerprint density at radius 2 is 1.91 bits per heavy atom. The van der Waals surface area contributed by atoms with Gasteiger partial charge >= 0.3 is 0 Å². The monoisotopic (exact) mass is 335 g/mol. The molecule has 0 aliphatic carbocycles. The number of hydrogen-bond acceptors (Lipinski definition) is 7. The maximum absolute atomic E-state index is 12.1. The summed E-state index contributed by atoms with van der Waals surface area (Å²) in [5.74, 6) is 1.39. The van der Waals surface area contributed by atoms with Crippen molar-refractivity contribution in [3.8, 4) is 11.5 Å². The van der Waals surface area contributed by atoms with Crippen LogP contribution in [0, 0.1) is 0 Å². The van der Waals surface area contributed by atoms with Crippen LogP contribution >= 0.6 is 11.3 Å². The number of amides is 1. The molecule has 2 aliphatic rings. The fourth-order valence-corrected chi connectivity index (χ4v) is 3.53. The first-order chi connectivity index (χ1) is 11.3. The Kier molecular flexibility index (Phi) is 4.02. The summed E-state index contributed by atoms with van der Waals surface area (Å²) in [5, 5.41) is 3.47. The number of carbonyl (C=O) groups is 1. The molecule has 0 unspecified atom stereocenters. The molecule has 2 aromatic rings. The van der Waals surface area contributed by atoms with Crippen LogP contribution in [0.3, 0.4) is 0 Å². The maximum atomic E-state index is 12.1. The second-order valence-corrected chi connectivity index (χ2v) is 6.45. The van der Waals surface area contributed by atoms with E-state index in [4.69, 9.17) is 14.2 Å². The number of fused-ring (bicyclic) bond motifs is 2. The van der Waals surface area contributed by atoms with E-state index >= 15 is 0 Å². The van der Waals surface area contributed by atoms with Gasteiger partial charge in [-0.15, -0.1) is 0 Å². The van der Waals surface area contributed by atoms with Crippen molar-refractivity contribution >= 4 is 32.6 Å². The van der Waals surface area contributed by atoms with E-state index in [1.54, 1.807) is 0 Å². The first-order valence-electron chi connectivity index (χ1n) is 7.58. The molecule has 3 heterocycles. The molecule has 1 aromatic carbocycles. The highest BCUT2D eigenvalue weighted by Gasteiger charge is 2.17. The van der Waals surface area contributed by atoms with Gasteiger partial charge in [0.15, 0.2) is 16.6 Å². The molecule has 122 valence electrons. The molecule has 1 fully saturated rings. The summed E-state index contributed by atoms with van der Waals surface area (Å²) in [6.07, 6.45) is 0. The number of rotatable bonds is 3. The average molecular weight is 335 g/mol. The molecule has 23 heavy (non-hydrogen) atoms. The minimum atomic E-state index is -0.0526. The van der Waals surface area contributed by atoms with Crippen LogP contribution in [0.2, 0.25) is 0 Å². The van der Waals surface area contributed by atoms with Crippen molar-refractivity contribution in [3.63, 3.8) is 0 Å². The third kappa shape index (κ3) is 3.24. The van der Waals surface area contributed by atoms with E-state index in [1.165, 1.54) is 11.3 Å². The highest BCUT2D eigenvalue weighted by Crippen LogP contribution is 2.37. The van der Waals surface area contributed by atoms with E-state index in [1.807, 2.05) is 12.1 Å². The molecule has 0 radical (unpaired) electrons. The van der Waals surface area contributed by atoms with Crippen molar-refractivity contribution in [2.45, 2.75) is 0 Å². The molecule has 0 spiro atoms. The zero-order chi connectivity index (χ0) is 15.6. The highest BCUT2D eigenvalue weighted by molar-refractivity contribution is 7.22. The van der Waals surface area contributed by atoms with Gasteiger partial charge in [-0.25, -0.2) is 4.98 Å². The molecule has 0 bridgehead atoms. The van der Waals surface area contributed by atoms with Crippen LogP contribution in [-0.4, -0.2) is 61.9 Å². The Bertz CT molecular complexity index is 684. The van der Waals surface area contributed by atoms with Gasteiger partial charge in [-0.3, -0.25) is 9.69 Å². The van der Waals surface area contributed by atoms with Crippen LogP contribution in [0.25, 0.3) is 10.2 Å². The minimum Gasteiger partial charge on any atom is -0.486 e. The SMILES string of the molecule is O=C(CN1CCOCC1)Nc1nc2cc3c(cc2s1)OCCO3. The Labute approximate surface area is 137 Å². The van der Waals surface area contributed by atoms with Crippen LogP contribution in [0.5, 0.6) is 11.5 Å². The molecular weight excluding hydrogens is 318 g/mol. The van der Waals surface area contributed by atoms with E-state index in [2.05, 4.69) is 15.2 Å². The summed E-state index contributed by atoms with van der Waals surface area (Å²) in [7, 11) is 0. The fourth-order valence-electron chi connectivity index (χ4n) is 2.64. The lowest BCUT2D eigenvalue weighted by Gasteiger charge is -2.25. The summed E-state index contributed by atoms with van der Waals surface area (Å²) in [6.45, 7) is 4.40. The normalized spacial score (nSPS) is 18.1. The van der Waals surface area contributed by atoms with E-state index in [9.17, 15) is 4.79 Å². The molecule has 7 nitrogen and oxygen atoms in total. The number of carbonyl (C=O) groups excluding carboxylic acids is 1. The van der Waals surface area contributed by atoms with Gasteiger partial charge in [-0.2, -0.15) is 0 Å². The van der Waals surface area contributed by atoms with Crippen LogP contribution < -0.4 is 14.8 Å². The topological polar surface area (TPSA) is 72.9 Å². The van der Waals surface area contributed by atoms with Gasteiger partial charge in [0.1, 0.15) is 13.2 Å². The number of thiazole rings is 1. The lowest BCUT2D eigenvalue weighted by molar-refractivity contribution is -0.118. The average Bonchev–Trinajstić information content (AvgIpc) is 2.94. The Balaban J connectivity index is 1.47. The second-order valence-electron chi connectivity index (χ2n) is 5.42. The molecule has 4 rings (SSSR count). The first kappa shape index (κ1) is 14.7.